The van der Waals surface area contributed by atoms with Crippen LogP contribution in [0.3, 0.4) is 0 Å². The third-order valence-corrected chi connectivity index (χ3v) is 5.73. The molecule has 1 amide bonds. The summed E-state index contributed by atoms with van der Waals surface area (Å²) in [7, 11) is 0. The number of thioether (sulfide) groups is 1. The third-order valence-electron chi connectivity index (χ3n) is 4.72. The number of carbonyl (C=O) groups is 1. The average Bonchev–Trinajstić information content (AvgIpc) is 3.17. The Bertz CT molecular complexity index is 704. The molecule has 0 spiro atoms. The molecule has 1 aromatic heterocycles. The highest BCUT2D eigenvalue weighted by Crippen LogP contribution is 2.23. The van der Waals surface area contributed by atoms with Crippen molar-refractivity contribution in [3.05, 3.63) is 23.9 Å². The Morgan fingerprint density at radius 2 is 2.15 bits per heavy atom. The Kier molecular flexibility index (Phi) is 6.32. The average molecular weight is 371 g/mol. The first kappa shape index (κ1) is 18.5. The molecule has 1 aliphatic carbocycles. The summed E-state index contributed by atoms with van der Waals surface area (Å²) in [5.41, 5.74) is 0.518. The van der Waals surface area contributed by atoms with Crippen LogP contribution in [0.4, 0.5) is 0 Å². The molecule has 8 heteroatoms. The molecule has 0 aromatic carbocycles. The van der Waals surface area contributed by atoms with E-state index in [-0.39, 0.29) is 24.6 Å². The molecule has 1 saturated heterocycles. The maximum Gasteiger partial charge on any atom is 0.238 e. The number of aromatic nitrogens is 1. The van der Waals surface area contributed by atoms with Crippen LogP contribution in [0, 0.1) is 22.7 Å². The number of nitriles is 2. The Labute approximate surface area is 157 Å². The topological polar surface area (TPSA) is 102 Å². The highest BCUT2D eigenvalue weighted by atomic mass is 32.2. The predicted molar refractivity (Wildman–Crippen MR) is 97.2 cm³/mol. The molecule has 0 unspecified atom stereocenters. The standard InChI is InChI=1S/C18H21N5O2S/c19-7-13-1-6-17(22-9-13)25-16-4-2-14(3-5-16)21-10-18(24)23-12-26-11-15(23)8-20/h1,6,9,14-16,21H,2-5,10-12H2/t14?,15-,16?/m1/s1. The van der Waals surface area contributed by atoms with E-state index in [2.05, 4.69) is 16.4 Å². The SMILES string of the molecule is N#Cc1ccc(OC2CCC(NCC(=O)N3CSC[C@H]3C#N)CC2)nc1. The zero-order valence-electron chi connectivity index (χ0n) is 14.4. The minimum atomic E-state index is -0.293. The maximum atomic E-state index is 12.3. The molecule has 136 valence electrons. The largest absolute Gasteiger partial charge is 0.474 e. The molecule has 1 saturated carbocycles. The van der Waals surface area contributed by atoms with Crippen molar-refractivity contribution >= 4 is 17.7 Å². The molecule has 0 bridgehead atoms. The first-order chi connectivity index (χ1) is 12.7. The van der Waals surface area contributed by atoms with Gasteiger partial charge in [0.1, 0.15) is 18.2 Å². The van der Waals surface area contributed by atoms with E-state index >= 15 is 0 Å². The van der Waals surface area contributed by atoms with Gasteiger partial charge in [0, 0.05) is 24.1 Å². The summed E-state index contributed by atoms with van der Waals surface area (Å²) in [4.78, 5) is 18.1. The summed E-state index contributed by atoms with van der Waals surface area (Å²) in [6, 6.07) is 7.65. The Morgan fingerprint density at radius 3 is 2.81 bits per heavy atom. The summed E-state index contributed by atoms with van der Waals surface area (Å²) in [6.45, 7) is 0.284. The number of pyridine rings is 1. The van der Waals surface area contributed by atoms with Gasteiger partial charge in [0.2, 0.25) is 11.8 Å². The van der Waals surface area contributed by atoms with Gasteiger partial charge in [-0.05, 0) is 31.7 Å². The molecule has 1 atom stereocenters. The van der Waals surface area contributed by atoms with Gasteiger partial charge in [-0.2, -0.15) is 10.5 Å². The number of hydrogen-bond donors (Lipinski definition) is 1. The van der Waals surface area contributed by atoms with Crippen LogP contribution in [0.1, 0.15) is 31.2 Å². The number of hydrogen-bond acceptors (Lipinski definition) is 7. The molecule has 1 N–H and O–H groups in total. The minimum Gasteiger partial charge on any atom is -0.474 e. The number of carbonyl (C=O) groups excluding carboxylic acids is 1. The van der Waals surface area contributed by atoms with E-state index < -0.39 is 0 Å². The van der Waals surface area contributed by atoms with Gasteiger partial charge in [0.25, 0.3) is 0 Å². The smallest absolute Gasteiger partial charge is 0.238 e. The van der Waals surface area contributed by atoms with Crippen molar-refractivity contribution in [2.75, 3.05) is 18.2 Å². The lowest BCUT2D eigenvalue weighted by molar-refractivity contribution is -0.130. The van der Waals surface area contributed by atoms with Crippen molar-refractivity contribution in [1.82, 2.24) is 15.2 Å². The fourth-order valence-corrected chi connectivity index (χ4v) is 4.30. The first-order valence-electron chi connectivity index (χ1n) is 8.72. The van der Waals surface area contributed by atoms with Crippen LogP contribution in [-0.4, -0.2) is 52.2 Å². The van der Waals surface area contributed by atoms with Crippen LogP contribution in [0.2, 0.25) is 0 Å². The van der Waals surface area contributed by atoms with Crippen molar-refractivity contribution in [2.45, 2.75) is 43.9 Å². The van der Waals surface area contributed by atoms with Crippen molar-refractivity contribution in [3.8, 4) is 18.0 Å². The summed E-state index contributed by atoms with van der Waals surface area (Å²) in [5, 5.41) is 21.2. The fourth-order valence-electron chi connectivity index (χ4n) is 3.20. The molecule has 2 aliphatic rings. The van der Waals surface area contributed by atoms with E-state index in [1.807, 2.05) is 6.07 Å². The molecule has 1 aromatic rings. The van der Waals surface area contributed by atoms with Crippen molar-refractivity contribution in [1.29, 1.82) is 10.5 Å². The van der Waals surface area contributed by atoms with Crippen LogP contribution in [-0.2, 0) is 4.79 Å². The van der Waals surface area contributed by atoms with E-state index in [0.29, 0.717) is 29.1 Å². The van der Waals surface area contributed by atoms with Crippen molar-refractivity contribution in [2.24, 2.45) is 0 Å². The van der Waals surface area contributed by atoms with Gasteiger partial charge in [-0.25, -0.2) is 4.98 Å². The van der Waals surface area contributed by atoms with Gasteiger partial charge in [0.05, 0.1) is 24.1 Å². The summed E-state index contributed by atoms with van der Waals surface area (Å²) >= 11 is 1.62. The number of nitrogens with one attached hydrogen (secondary N) is 1. The Balaban J connectivity index is 1.39. The zero-order chi connectivity index (χ0) is 18.4. The molecule has 2 fully saturated rings. The van der Waals surface area contributed by atoms with E-state index in [9.17, 15) is 4.79 Å². The van der Waals surface area contributed by atoms with Gasteiger partial charge < -0.3 is 15.0 Å². The van der Waals surface area contributed by atoms with Gasteiger partial charge >= 0.3 is 0 Å². The van der Waals surface area contributed by atoms with Gasteiger partial charge in [-0.3, -0.25) is 4.79 Å². The lowest BCUT2D eigenvalue weighted by Crippen LogP contribution is -2.45. The number of ether oxygens (including phenoxy) is 1. The zero-order valence-corrected chi connectivity index (χ0v) is 15.2. The monoisotopic (exact) mass is 371 g/mol. The van der Waals surface area contributed by atoms with Crippen LogP contribution in [0.5, 0.6) is 5.88 Å². The highest BCUT2D eigenvalue weighted by Gasteiger charge is 2.29. The highest BCUT2D eigenvalue weighted by molar-refractivity contribution is 7.99. The van der Waals surface area contributed by atoms with Crippen LogP contribution in [0.15, 0.2) is 18.3 Å². The van der Waals surface area contributed by atoms with E-state index in [4.69, 9.17) is 15.3 Å². The maximum absolute atomic E-state index is 12.3. The molecular formula is C18H21N5O2S. The summed E-state index contributed by atoms with van der Waals surface area (Å²) in [6.07, 6.45) is 5.29. The van der Waals surface area contributed by atoms with Gasteiger partial charge in [0.15, 0.2) is 0 Å². The summed E-state index contributed by atoms with van der Waals surface area (Å²) < 4.78 is 5.88. The Hall–Kier alpha value is -2.29. The fraction of sp³-hybridized carbons (Fsp3) is 0.556. The minimum absolute atomic E-state index is 0.00158. The number of nitrogens with zero attached hydrogens (tertiary/aromatic N) is 4. The Morgan fingerprint density at radius 1 is 1.35 bits per heavy atom. The molecular weight excluding hydrogens is 350 g/mol. The third kappa shape index (κ3) is 4.66. The van der Waals surface area contributed by atoms with Crippen molar-refractivity contribution in [3.63, 3.8) is 0 Å². The molecule has 2 heterocycles. The molecule has 0 radical (unpaired) electrons. The van der Waals surface area contributed by atoms with E-state index in [1.54, 1.807) is 28.8 Å². The first-order valence-corrected chi connectivity index (χ1v) is 9.88. The second-order valence-corrected chi connectivity index (χ2v) is 7.48. The second kappa shape index (κ2) is 8.88. The molecule has 26 heavy (non-hydrogen) atoms. The van der Waals surface area contributed by atoms with Gasteiger partial charge in [-0.1, -0.05) is 0 Å². The number of rotatable bonds is 5. The summed E-state index contributed by atoms with van der Waals surface area (Å²) in [5.74, 6) is 1.86. The second-order valence-electron chi connectivity index (χ2n) is 6.48. The lowest BCUT2D eigenvalue weighted by Gasteiger charge is -2.29. The lowest BCUT2D eigenvalue weighted by atomic mass is 9.93. The molecule has 1 aliphatic heterocycles. The normalized spacial score (nSPS) is 25.3. The van der Waals surface area contributed by atoms with Crippen molar-refractivity contribution < 1.29 is 9.53 Å². The number of amides is 1. The quantitative estimate of drug-likeness (QED) is 0.839. The predicted octanol–water partition coefficient (Wildman–Crippen LogP) is 1.66. The van der Waals surface area contributed by atoms with E-state index in [0.717, 1.165) is 25.7 Å². The molecule has 3 rings (SSSR count). The van der Waals surface area contributed by atoms with Crippen LogP contribution in [0.25, 0.3) is 0 Å². The van der Waals surface area contributed by atoms with Crippen LogP contribution >= 0.6 is 11.8 Å². The molecule has 7 nitrogen and oxygen atoms in total. The van der Waals surface area contributed by atoms with Crippen LogP contribution < -0.4 is 10.1 Å². The van der Waals surface area contributed by atoms with Gasteiger partial charge in [-0.15, -0.1) is 11.8 Å². The van der Waals surface area contributed by atoms with E-state index in [1.165, 1.54) is 6.20 Å².